The molecule has 98 valence electrons. The maximum Gasteiger partial charge on any atom is 0.303 e. The van der Waals surface area contributed by atoms with Gasteiger partial charge in [0.05, 0.1) is 18.2 Å². The van der Waals surface area contributed by atoms with Crippen LogP contribution in [0.5, 0.6) is 0 Å². The molecule has 1 saturated carbocycles. The Bertz CT molecular complexity index is 287. The second-order valence-corrected chi connectivity index (χ2v) is 4.67. The standard InChI is InChI=1S/C11H20N2O4/c12-8(3-4-9(15)16)10(17)13-11(7-14)5-1-2-6-11/h8,14H,1-7,12H2,(H,13,17)(H,15,16). The van der Waals surface area contributed by atoms with Crippen LogP contribution in [-0.4, -0.2) is 40.3 Å². The molecule has 6 nitrogen and oxygen atoms in total. The van der Waals surface area contributed by atoms with Crippen molar-refractivity contribution in [3.63, 3.8) is 0 Å². The highest BCUT2D eigenvalue weighted by atomic mass is 16.4. The van der Waals surface area contributed by atoms with E-state index < -0.39 is 17.6 Å². The largest absolute Gasteiger partial charge is 0.481 e. The summed E-state index contributed by atoms with van der Waals surface area (Å²) in [5, 5.41) is 20.6. The molecule has 6 heteroatoms. The van der Waals surface area contributed by atoms with Crippen LogP contribution in [0.4, 0.5) is 0 Å². The lowest BCUT2D eigenvalue weighted by Crippen LogP contribution is -2.54. The van der Waals surface area contributed by atoms with E-state index in [1.165, 1.54) is 0 Å². The van der Waals surface area contributed by atoms with Crippen molar-refractivity contribution in [2.75, 3.05) is 6.61 Å². The van der Waals surface area contributed by atoms with E-state index >= 15 is 0 Å². The minimum atomic E-state index is -0.967. The van der Waals surface area contributed by atoms with Crippen molar-refractivity contribution in [2.24, 2.45) is 5.73 Å². The summed E-state index contributed by atoms with van der Waals surface area (Å²) < 4.78 is 0. The molecule has 0 saturated heterocycles. The number of aliphatic carboxylic acids is 1. The van der Waals surface area contributed by atoms with Gasteiger partial charge >= 0.3 is 5.97 Å². The summed E-state index contributed by atoms with van der Waals surface area (Å²) in [6, 6.07) is -0.824. The molecule has 1 aliphatic rings. The maximum absolute atomic E-state index is 11.7. The Morgan fingerprint density at radius 3 is 2.41 bits per heavy atom. The Balaban J connectivity index is 2.44. The molecule has 0 aromatic heterocycles. The number of rotatable bonds is 6. The molecule has 5 N–H and O–H groups in total. The van der Waals surface area contributed by atoms with Gasteiger partial charge in [-0.15, -0.1) is 0 Å². The molecule has 1 unspecified atom stereocenters. The van der Waals surface area contributed by atoms with Crippen molar-refractivity contribution in [1.29, 1.82) is 0 Å². The fourth-order valence-electron chi connectivity index (χ4n) is 2.14. The van der Waals surface area contributed by atoms with E-state index in [1.807, 2.05) is 0 Å². The van der Waals surface area contributed by atoms with Gasteiger partial charge in [-0.1, -0.05) is 12.8 Å². The fourth-order valence-corrected chi connectivity index (χ4v) is 2.14. The first-order chi connectivity index (χ1) is 7.99. The van der Waals surface area contributed by atoms with Crippen molar-refractivity contribution >= 4 is 11.9 Å². The van der Waals surface area contributed by atoms with Gasteiger partial charge in [-0.05, 0) is 19.3 Å². The number of nitrogens with one attached hydrogen (secondary N) is 1. The van der Waals surface area contributed by atoms with Crippen LogP contribution in [0.2, 0.25) is 0 Å². The number of carboxylic acid groups (broad SMARTS) is 1. The number of hydrogen-bond acceptors (Lipinski definition) is 4. The van der Waals surface area contributed by atoms with Crippen LogP contribution in [0.25, 0.3) is 0 Å². The molecule has 0 aliphatic heterocycles. The number of nitrogens with two attached hydrogens (primary N) is 1. The van der Waals surface area contributed by atoms with Crippen LogP contribution >= 0.6 is 0 Å². The molecule has 1 atom stereocenters. The first-order valence-electron chi connectivity index (χ1n) is 5.89. The quantitative estimate of drug-likeness (QED) is 0.508. The molecule has 0 heterocycles. The van der Waals surface area contributed by atoms with Gasteiger partial charge in [0, 0.05) is 6.42 Å². The summed E-state index contributed by atoms with van der Waals surface area (Å²) in [4.78, 5) is 22.1. The van der Waals surface area contributed by atoms with Gasteiger partial charge in [-0.25, -0.2) is 0 Å². The molecular formula is C11H20N2O4. The summed E-state index contributed by atoms with van der Waals surface area (Å²) in [5.74, 6) is -1.34. The summed E-state index contributed by atoms with van der Waals surface area (Å²) in [7, 11) is 0. The van der Waals surface area contributed by atoms with Crippen molar-refractivity contribution in [3.05, 3.63) is 0 Å². The summed E-state index contributed by atoms with van der Waals surface area (Å²) in [6.45, 7) is -0.0929. The lowest BCUT2D eigenvalue weighted by Gasteiger charge is -2.29. The van der Waals surface area contributed by atoms with E-state index in [4.69, 9.17) is 10.8 Å². The van der Waals surface area contributed by atoms with E-state index in [2.05, 4.69) is 5.32 Å². The molecule has 0 radical (unpaired) electrons. The first kappa shape index (κ1) is 13.9. The van der Waals surface area contributed by atoms with E-state index in [9.17, 15) is 14.7 Å². The molecule has 1 aliphatic carbocycles. The van der Waals surface area contributed by atoms with Gasteiger partial charge in [0.2, 0.25) is 5.91 Å². The fraction of sp³-hybridized carbons (Fsp3) is 0.818. The number of carbonyl (C=O) groups excluding carboxylic acids is 1. The SMILES string of the molecule is NC(CCC(=O)O)C(=O)NC1(CO)CCCC1. The number of aliphatic hydroxyl groups is 1. The summed E-state index contributed by atoms with van der Waals surface area (Å²) in [6.07, 6.45) is 3.45. The van der Waals surface area contributed by atoms with E-state index in [0.29, 0.717) is 0 Å². The molecule has 1 amide bonds. The molecule has 0 aromatic rings. The van der Waals surface area contributed by atoms with Crippen LogP contribution in [0.1, 0.15) is 38.5 Å². The third-order valence-electron chi connectivity index (χ3n) is 3.26. The third kappa shape index (κ3) is 3.98. The van der Waals surface area contributed by atoms with Crippen LogP contribution < -0.4 is 11.1 Å². The van der Waals surface area contributed by atoms with Gasteiger partial charge in [0.1, 0.15) is 0 Å². The van der Waals surface area contributed by atoms with Gasteiger partial charge in [0.15, 0.2) is 0 Å². The van der Waals surface area contributed by atoms with Crippen LogP contribution in [0, 0.1) is 0 Å². The van der Waals surface area contributed by atoms with Gasteiger partial charge in [0.25, 0.3) is 0 Å². The summed E-state index contributed by atoms with van der Waals surface area (Å²) >= 11 is 0. The highest BCUT2D eigenvalue weighted by Crippen LogP contribution is 2.29. The summed E-state index contributed by atoms with van der Waals surface area (Å²) in [5.41, 5.74) is 5.06. The Hall–Kier alpha value is -1.14. The Morgan fingerprint density at radius 1 is 1.35 bits per heavy atom. The van der Waals surface area contributed by atoms with Crippen molar-refractivity contribution in [3.8, 4) is 0 Å². The van der Waals surface area contributed by atoms with E-state index in [-0.39, 0.29) is 25.4 Å². The first-order valence-corrected chi connectivity index (χ1v) is 5.89. The smallest absolute Gasteiger partial charge is 0.303 e. The average Bonchev–Trinajstić information content (AvgIpc) is 2.75. The highest BCUT2D eigenvalue weighted by Gasteiger charge is 2.35. The Morgan fingerprint density at radius 2 is 1.94 bits per heavy atom. The lowest BCUT2D eigenvalue weighted by atomic mass is 9.98. The minimum absolute atomic E-state index is 0.0929. The van der Waals surface area contributed by atoms with Gasteiger partial charge in [-0.2, -0.15) is 0 Å². The number of amides is 1. The molecule has 1 rings (SSSR count). The van der Waals surface area contributed by atoms with Crippen LogP contribution in [0.3, 0.4) is 0 Å². The zero-order valence-electron chi connectivity index (χ0n) is 9.82. The van der Waals surface area contributed by atoms with Gasteiger partial charge in [-0.3, -0.25) is 9.59 Å². The molecule has 0 aromatic carbocycles. The zero-order chi connectivity index (χ0) is 12.9. The van der Waals surface area contributed by atoms with Crippen molar-refractivity contribution < 1.29 is 19.8 Å². The van der Waals surface area contributed by atoms with Crippen LogP contribution in [-0.2, 0) is 9.59 Å². The molecule has 0 spiro atoms. The molecule has 1 fully saturated rings. The van der Waals surface area contributed by atoms with E-state index in [1.54, 1.807) is 0 Å². The predicted molar refractivity (Wildman–Crippen MR) is 61.3 cm³/mol. The number of aliphatic hydroxyl groups excluding tert-OH is 1. The minimum Gasteiger partial charge on any atom is -0.481 e. The second-order valence-electron chi connectivity index (χ2n) is 4.67. The lowest BCUT2D eigenvalue weighted by molar-refractivity contribution is -0.137. The normalized spacial score (nSPS) is 19.9. The highest BCUT2D eigenvalue weighted by molar-refractivity contribution is 5.82. The number of hydrogen-bond donors (Lipinski definition) is 4. The second kappa shape index (κ2) is 5.97. The zero-order valence-corrected chi connectivity index (χ0v) is 9.82. The predicted octanol–water partition coefficient (Wildman–Crippen LogP) is -0.400. The van der Waals surface area contributed by atoms with Crippen molar-refractivity contribution in [2.45, 2.75) is 50.1 Å². The molecular weight excluding hydrogens is 224 g/mol. The average molecular weight is 244 g/mol. The third-order valence-corrected chi connectivity index (χ3v) is 3.26. The topological polar surface area (TPSA) is 113 Å². The maximum atomic E-state index is 11.7. The Kier molecular flexibility index (Phi) is 4.89. The Labute approximate surface area is 100 Å². The van der Waals surface area contributed by atoms with Gasteiger partial charge < -0.3 is 21.3 Å². The number of carboxylic acids is 1. The molecule has 0 bridgehead atoms. The van der Waals surface area contributed by atoms with Crippen molar-refractivity contribution in [1.82, 2.24) is 5.32 Å². The number of carbonyl (C=O) groups is 2. The molecule has 17 heavy (non-hydrogen) atoms. The van der Waals surface area contributed by atoms with E-state index in [0.717, 1.165) is 25.7 Å². The van der Waals surface area contributed by atoms with Crippen LogP contribution in [0.15, 0.2) is 0 Å². The monoisotopic (exact) mass is 244 g/mol.